The van der Waals surface area contributed by atoms with Crippen LogP contribution in [0.3, 0.4) is 0 Å². The Morgan fingerprint density at radius 1 is 1.29 bits per heavy atom. The minimum atomic E-state index is -0.655. The van der Waals surface area contributed by atoms with E-state index in [0.29, 0.717) is 12.3 Å². The Labute approximate surface area is 126 Å². The van der Waals surface area contributed by atoms with E-state index in [4.69, 9.17) is 4.42 Å². The number of nitrogens with zero attached hydrogens (tertiary/aromatic N) is 2. The van der Waals surface area contributed by atoms with E-state index in [-0.39, 0.29) is 11.5 Å². The second-order valence-corrected chi connectivity index (χ2v) is 6.26. The Balaban J connectivity index is 1.83. The number of benzene rings is 1. The van der Waals surface area contributed by atoms with Gasteiger partial charge in [0.1, 0.15) is 17.4 Å². The van der Waals surface area contributed by atoms with Crippen LogP contribution in [0.25, 0.3) is 11.5 Å². The molecule has 1 saturated heterocycles. The molecule has 0 radical (unpaired) electrons. The molecule has 21 heavy (non-hydrogen) atoms. The third-order valence-electron chi connectivity index (χ3n) is 3.53. The zero-order valence-electron chi connectivity index (χ0n) is 11.7. The predicted molar refractivity (Wildman–Crippen MR) is 79.2 cm³/mol. The second kappa shape index (κ2) is 6.15. The SMILES string of the molecule is Cc1oc(-c2ccc(F)cc2F)nc1CN1CCSCC1. The third-order valence-corrected chi connectivity index (χ3v) is 4.47. The van der Waals surface area contributed by atoms with Gasteiger partial charge in [0.25, 0.3) is 0 Å². The van der Waals surface area contributed by atoms with Crippen LogP contribution in [0.1, 0.15) is 11.5 Å². The molecule has 2 aromatic rings. The molecular formula is C15H16F2N2OS. The molecule has 112 valence electrons. The summed E-state index contributed by atoms with van der Waals surface area (Å²) >= 11 is 1.95. The molecule has 3 rings (SSSR count). The van der Waals surface area contributed by atoms with Gasteiger partial charge in [0.05, 0.1) is 11.3 Å². The molecule has 0 atom stereocenters. The molecule has 2 heterocycles. The predicted octanol–water partition coefficient (Wildman–Crippen LogP) is 3.48. The molecule has 6 heteroatoms. The van der Waals surface area contributed by atoms with E-state index < -0.39 is 11.6 Å². The summed E-state index contributed by atoms with van der Waals surface area (Å²) in [6.45, 7) is 4.58. The lowest BCUT2D eigenvalue weighted by atomic mass is 10.2. The molecule has 1 fully saturated rings. The van der Waals surface area contributed by atoms with Crippen molar-refractivity contribution in [2.24, 2.45) is 0 Å². The number of rotatable bonds is 3. The molecule has 0 N–H and O–H groups in total. The lowest BCUT2D eigenvalue weighted by Gasteiger charge is -2.25. The molecule has 1 aliphatic rings. The lowest BCUT2D eigenvalue weighted by Crippen LogP contribution is -2.32. The highest BCUT2D eigenvalue weighted by molar-refractivity contribution is 7.99. The topological polar surface area (TPSA) is 29.3 Å². The van der Waals surface area contributed by atoms with Gasteiger partial charge in [-0.2, -0.15) is 11.8 Å². The highest BCUT2D eigenvalue weighted by Crippen LogP contribution is 2.26. The zero-order valence-corrected chi connectivity index (χ0v) is 12.6. The van der Waals surface area contributed by atoms with Crippen LogP contribution in [0.5, 0.6) is 0 Å². The monoisotopic (exact) mass is 310 g/mol. The van der Waals surface area contributed by atoms with Crippen molar-refractivity contribution in [1.29, 1.82) is 0 Å². The van der Waals surface area contributed by atoms with Crippen molar-refractivity contribution >= 4 is 11.8 Å². The van der Waals surface area contributed by atoms with E-state index >= 15 is 0 Å². The third kappa shape index (κ3) is 3.27. The van der Waals surface area contributed by atoms with Crippen LogP contribution in [0.15, 0.2) is 22.6 Å². The number of hydrogen-bond acceptors (Lipinski definition) is 4. The fourth-order valence-electron chi connectivity index (χ4n) is 2.32. The van der Waals surface area contributed by atoms with E-state index in [1.165, 1.54) is 12.1 Å². The molecule has 1 aromatic carbocycles. The van der Waals surface area contributed by atoms with Crippen LogP contribution in [0.4, 0.5) is 8.78 Å². The van der Waals surface area contributed by atoms with Gasteiger partial charge in [0.2, 0.25) is 5.89 Å². The lowest BCUT2D eigenvalue weighted by molar-refractivity contribution is 0.289. The van der Waals surface area contributed by atoms with Crippen LogP contribution in [0, 0.1) is 18.6 Å². The highest BCUT2D eigenvalue weighted by atomic mass is 32.2. The number of aryl methyl sites for hydroxylation is 1. The average molecular weight is 310 g/mol. The van der Waals surface area contributed by atoms with Crippen molar-refractivity contribution < 1.29 is 13.2 Å². The van der Waals surface area contributed by atoms with Gasteiger partial charge in [-0.25, -0.2) is 13.8 Å². The quantitative estimate of drug-likeness (QED) is 0.868. The van der Waals surface area contributed by atoms with Crippen LogP contribution in [-0.2, 0) is 6.54 Å². The molecule has 1 aliphatic heterocycles. The summed E-state index contributed by atoms with van der Waals surface area (Å²) < 4.78 is 32.3. The van der Waals surface area contributed by atoms with Gasteiger partial charge in [-0.3, -0.25) is 4.90 Å². The normalized spacial score (nSPS) is 16.3. The molecule has 0 unspecified atom stereocenters. The van der Waals surface area contributed by atoms with Gasteiger partial charge in [-0.1, -0.05) is 0 Å². The maximum atomic E-state index is 13.8. The molecule has 0 aliphatic carbocycles. The first-order chi connectivity index (χ1) is 10.1. The first-order valence-electron chi connectivity index (χ1n) is 6.85. The first kappa shape index (κ1) is 14.5. The molecule has 3 nitrogen and oxygen atoms in total. The Bertz CT molecular complexity index is 639. The number of thioether (sulfide) groups is 1. The Hall–Kier alpha value is -1.40. The Morgan fingerprint density at radius 3 is 2.76 bits per heavy atom. The van der Waals surface area contributed by atoms with Gasteiger partial charge >= 0.3 is 0 Å². The smallest absolute Gasteiger partial charge is 0.229 e. The molecule has 1 aromatic heterocycles. The van der Waals surface area contributed by atoms with Crippen LogP contribution >= 0.6 is 11.8 Å². The van der Waals surface area contributed by atoms with Crippen LogP contribution < -0.4 is 0 Å². The van der Waals surface area contributed by atoms with E-state index in [9.17, 15) is 8.78 Å². The van der Waals surface area contributed by atoms with Crippen molar-refractivity contribution in [3.63, 3.8) is 0 Å². The van der Waals surface area contributed by atoms with Gasteiger partial charge in [0, 0.05) is 37.2 Å². The maximum absolute atomic E-state index is 13.8. The van der Waals surface area contributed by atoms with Crippen LogP contribution in [-0.4, -0.2) is 34.5 Å². The van der Waals surface area contributed by atoms with Gasteiger partial charge in [-0.15, -0.1) is 0 Å². The highest BCUT2D eigenvalue weighted by Gasteiger charge is 2.18. The van der Waals surface area contributed by atoms with E-state index in [2.05, 4.69) is 9.88 Å². The summed E-state index contributed by atoms with van der Waals surface area (Å²) in [4.78, 5) is 6.70. The number of aromatic nitrogens is 1. The van der Waals surface area contributed by atoms with Crippen molar-refractivity contribution in [1.82, 2.24) is 9.88 Å². The summed E-state index contributed by atoms with van der Waals surface area (Å²) in [5.74, 6) is 1.88. The minimum Gasteiger partial charge on any atom is -0.441 e. The largest absolute Gasteiger partial charge is 0.441 e. The van der Waals surface area contributed by atoms with E-state index in [1.807, 2.05) is 18.7 Å². The molecule has 0 spiro atoms. The first-order valence-corrected chi connectivity index (χ1v) is 8.01. The molecule has 0 amide bonds. The van der Waals surface area contributed by atoms with Crippen molar-refractivity contribution in [3.05, 3.63) is 41.3 Å². The Kier molecular flexibility index (Phi) is 4.26. The van der Waals surface area contributed by atoms with Crippen LogP contribution in [0.2, 0.25) is 0 Å². The summed E-state index contributed by atoms with van der Waals surface area (Å²) in [7, 11) is 0. The average Bonchev–Trinajstić information content (AvgIpc) is 2.81. The van der Waals surface area contributed by atoms with Gasteiger partial charge in [0.15, 0.2) is 0 Å². The Morgan fingerprint density at radius 2 is 2.05 bits per heavy atom. The zero-order chi connectivity index (χ0) is 14.8. The second-order valence-electron chi connectivity index (χ2n) is 5.03. The minimum absolute atomic E-state index is 0.194. The number of halogens is 2. The fourth-order valence-corrected chi connectivity index (χ4v) is 3.30. The molecule has 0 bridgehead atoms. The number of hydrogen-bond donors (Lipinski definition) is 0. The van der Waals surface area contributed by atoms with E-state index in [0.717, 1.165) is 36.4 Å². The van der Waals surface area contributed by atoms with E-state index in [1.54, 1.807) is 0 Å². The number of oxazole rings is 1. The molecule has 0 saturated carbocycles. The van der Waals surface area contributed by atoms with Gasteiger partial charge in [-0.05, 0) is 19.1 Å². The molecular weight excluding hydrogens is 294 g/mol. The summed E-state index contributed by atoms with van der Waals surface area (Å²) in [5, 5.41) is 0. The van der Waals surface area contributed by atoms with Gasteiger partial charge < -0.3 is 4.42 Å². The summed E-state index contributed by atoms with van der Waals surface area (Å²) in [6.07, 6.45) is 0. The van der Waals surface area contributed by atoms with Crippen molar-refractivity contribution in [2.45, 2.75) is 13.5 Å². The van der Waals surface area contributed by atoms with Crippen molar-refractivity contribution in [2.75, 3.05) is 24.6 Å². The fraction of sp³-hybridized carbons (Fsp3) is 0.400. The summed E-state index contributed by atoms with van der Waals surface area (Å²) in [6, 6.07) is 3.41. The van der Waals surface area contributed by atoms with Crippen molar-refractivity contribution in [3.8, 4) is 11.5 Å². The maximum Gasteiger partial charge on any atom is 0.229 e. The standard InChI is InChI=1S/C15H16F2N2OS/c1-10-14(9-19-4-6-21-7-5-19)18-15(20-10)12-3-2-11(16)8-13(12)17/h2-3,8H,4-7,9H2,1H3. The summed E-state index contributed by atoms with van der Waals surface area (Å²) in [5.41, 5.74) is 1.01.